The van der Waals surface area contributed by atoms with Crippen molar-refractivity contribution >= 4 is 27.5 Å². The average Bonchev–Trinajstić information content (AvgIpc) is 2.16. The maximum atomic E-state index is 11.8. The van der Waals surface area contributed by atoms with Crippen molar-refractivity contribution in [3.05, 3.63) is 28.2 Å². The number of rotatable bonds is 1. The van der Waals surface area contributed by atoms with Gasteiger partial charge in [-0.2, -0.15) is 0 Å². The van der Waals surface area contributed by atoms with Gasteiger partial charge in [-0.25, -0.2) is 0 Å². The summed E-state index contributed by atoms with van der Waals surface area (Å²) in [4.78, 5) is 13.7. The van der Waals surface area contributed by atoms with Crippen molar-refractivity contribution in [2.75, 3.05) is 4.90 Å². The maximum Gasteiger partial charge on any atom is 0.227 e. The van der Waals surface area contributed by atoms with Gasteiger partial charge in [-0.3, -0.25) is 4.79 Å². The lowest BCUT2D eigenvalue weighted by atomic mass is 10.00. The van der Waals surface area contributed by atoms with Crippen molar-refractivity contribution in [1.29, 1.82) is 0 Å². The van der Waals surface area contributed by atoms with E-state index in [4.69, 9.17) is 0 Å². The van der Waals surface area contributed by atoms with E-state index in [1.165, 1.54) is 5.56 Å². The van der Waals surface area contributed by atoms with Crippen LogP contribution in [0.4, 0.5) is 5.69 Å². The Morgan fingerprint density at radius 3 is 2.73 bits per heavy atom. The summed E-state index contributed by atoms with van der Waals surface area (Å²) in [6.07, 6.45) is 1.50. The number of fused-ring (bicyclic) bond motifs is 1. The number of carbonyl (C=O) groups is 1. The second-order valence-electron chi connectivity index (χ2n) is 4.13. The van der Waals surface area contributed by atoms with Crippen LogP contribution in [0.1, 0.15) is 25.8 Å². The number of halogens is 1. The molecule has 0 atom stereocenters. The molecule has 0 aliphatic carbocycles. The molecule has 1 amide bonds. The summed E-state index contributed by atoms with van der Waals surface area (Å²) in [5.74, 6) is 0.232. The first kappa shape index (κ1) is 10.7. The van der Waals surface area contributed by atoms with E-state index in [0.717, 1.165) is 16.6 Å². The zero-order valence-electron chi connectivity index (χ0n) is 8.96. The highest BCUT2D eigenvalue weighted by Crippen LogP contribution is 2.31. The lowest BCUT2D eigenvalue weighted by molar-refractivity contribution is -0.119. The van der Waals surface area contributed by atoms with E-state index >= 15 is 0 Å². The van der Waals surface area contributed by atoms with Crippen molar-refractivity contribution < 1.29 is 4.79 Å². The zero-order valence-corrected chi connectivity index (χ0v) is 10.5. The molecule has 2 nitrogen and oxygen atoms in total. The third kappa shape index (κ3) is 1.93. The van der Waals surface area contributed by atoms with E-state index in [0.29, 0.717) is 6.42 Å². The Hall–Kier alpha value is -0.830. The fourth-order valence-corrected chi connectivity index (χ4v) is 2.38. The number of anilines is 1. The molecule has 0 N–H and O–H groups in total. The van der Waals surface area contributed by atoms with Gasteiger partial charge in [0.15, 0.2) is 0 Å². The molecule has 1 aliphatic rings. The highest BCUT2D eigenvalue weighted by atomic mass is 79.9. The van der Waals surface area contributed by atoms with E-state index < -0.39 is 0 Å². The summed E-state index contributed by atoms with van der Waals surface area (Å²) in [6, 6.07) is 6.40. The second kappa shape index (κ2) is 3.97. The highest BCUT2D eigenvalue weighted by molar-refractivity contribution is 9.10. The van der Waals surface area contributed by atoms with E-state index in [1.807, 2.05) is 30.9 Å². The summed E-state index contributed by atoms with van der Waals surface area (Å²) < 4.78 is 1.03. The predicted octanol–water partition coefficient (Wildman–Crippen LogP) is 3.14. The molecule has 0 saturated carbocycles. The monoisotopic (exact) mass is 267 g/mol. The number of benzene rings is 1. The molecule has 1 aliphatic heterocycles. The summed E-state index contributed by atoms with van der Waals surface area (Å²) in [7, 11) is 0. The van der Waals surface area contributed by atoms with Crippen molar-refractivity contribution in [2.24, 2.45) is 0 Å². The van der Waals surface area contributed by atoms with Gasteiger partial charge in [0.25, 0.3) is 0 Å². The van der Waals surface area contributed by atoms with Crippen LogP contribution in [0.2, 0.25) is 0 Å². The normalized spacial score (nSPS) is 15.7. The largest absolute Gasteiger partial charge is 0.310 e. The quantitative estimate of drug-likeness (QED) is 0.766. The molecule has 0 bridgehead atoms. The minimum atomic E-state index is 0.228. The fraction of sp³-hybridized carbons (Fsp3) is 0.417. The molecule has 0 radical (unpaired) electrons. The molecule has 2 rings (SSSR count). The SMILES string of the molecule is CC(C)N1C(=O)CCc2ccc(Br)cc21. The van der Waals surface area contributed by atoms with Gasteiger partial charge in [0, 0.05) is 22.6 Å². The highest BCUT2D eigenvalue weighted by Gasteiger charge is 2.25. The Kier molecular flexibility index (Phi) is 2.83. The number of carbonyl (C=O) groups excluding carboxylic acids is 1. The van der Waals surface area contributed by atoms with Crippen LogP contribution in [0.5, 0.6) is 0 Å². The summed E-state index contributed by atoms with van der Waals surface area (Å²) in [6.45, 7) is 4.10. The third-order valence-corrected chi connectivity index (χ3v) is 3.19. The van der Waals surface area contributed by atoms with E-state index in [-0.39, 0.29) is 11.9 Å². The zero-order chi connectivity index (χ0) is 11.0. The minimum absolute atomic E-state index is 0.228. The van der Waals surface area contributed by atoms with Crippen LogP contribution in [0, 0.1) is 0 Å². The predicted molar refractivity (Wildman–Crippen MR) is 65.1 cm³/mol. The molecule has 0 fully saturated rings. The van der Waals surface area contributed by atoms with Crippen LogP contribution < -0.4 is 4.90 Å². The summed E-state index contributed by atoms with van der Waals surface area (Å²) >= 11 is 3.45. The van der Waals surface area contributed by atoms with Crippen LogP contribution >= 0.6 is 15.9 Å². The summed E-state index contributed by atoms with van der Waals surface area (Å²) in [5.41, 5.74) is 2.34. The Bertz CT molecular complexity index is 401. The first-order valence-corrected chi connectivity index (χ1v) is 5.99. The lowest BCUT2D eigenvalue weighted by Crippen LogP contribution is -2.40. The molecule has 0 saturated heterocycles. The Balaban J connectivity index is 2.50. The Morgan fingerprint density at radius 2 is 2.07 bits per heavy atom. The van der Waals surface area contributed by atoms with Crippen molar-refractivity contribution in [1.82, 2.24) is 0 Å². The van der Waals surface area contributed by atoms with Crippen molar-refractivity contribution in [2.45, 2.75) is 32.7 Å². The number of aryl methyl sites for hydroxylation is 1. The average molecular weight is 268 g/mol. The third-order valence-electron chi connectivity index (χ3n) is 2.70. The number of hydrogen-bond donors (Lipinski definition) is 0. The molecule has 0 spiro atoms. The van der Waals surface area contributed by atoms with Crippen LogP contribution in [0.25, 0.3) is 0 Å². The molecule has 1 heterocycles. The van der Waals surface area contributed by atoms with Gasteiger partial charge in [0.05, 0.1) is 0 Å². The van der Waals surface area contributed by atoms with Gasteiger partial charge in [0.1, 0.15) is 0 Å². The molecule has 80 valence electrons. The molecule has 15 heavy (non-hydrogen) atoms. The Labute approximate surface area is 98.4 Å². The van der Waals surface area contributed by atoms with Crippen LogP contribution in [0.3, 0.4) is 0 Å². The van der Waals surface area contributed by atoms with Gasteiger partial charge in [-0.15, -0.1) is 0 Å². The first-order valence-electron chi connectivity index (χ1n) is 5.20. The van der Waals surface area contributed by atoms with E-state index in [9.17, 15) is 4.79 Å². The summed E-state index contributed by atoms with van der Waals surface area (Å²) in [5, 5.41) is 0. The number of nitrogens with zero attached hydrogens (tertiary/aromatic N) is 1. The molecular formula is C12H14BrNO. The molecular weight excluding hydrogens is 254 g/mol. The van der Waals surface area contributed by atoms with Gasteiger partial charge in [0.2, 0.25) is 5.91 Å². The van der Waals surface area contributed by atoms with Gasteiger partial charge >= 0.3 is 0 Å². The number of hydrogen-bond acceptors (Lipinski definition) is 1. The molecule has 0 unspecified atom stereocenters. The van der Waals surface area contributed by atoms with Gasteiger partial charge in [-0.05, 0) is 38.0 Å². The van der Waals surface area contributed by atoms with Crippen LogP contribution in [0.15, 0.2) is 22.7 Å². The maximum absolute atomic E-state index is 11.8. The fourth-order valence-electron chi connectivity index (χ4n) is 2.04. The topological polar surface area (TPSA) is 20.3 Å². The minimum Gasteiger partial charge on any atom is -0.310 e. The Morgan fingerprint density at radius 1 is 1.33 bits per heavy atom. The van der Waals surface area contributed by atoms with E-state index in [2.05, 4.69) is 22.0 Å². The van der Waals surface area contributed by atoms with Gasteiger partial charge < -0.3 is 4.90 Å². The first-order chi connectivity index (χ1) is 7.09. The molecule has 0 aromatic heterocycles. The lowest BCUT2D eigenvalue weighted by Gasteiger charge is -2.32. The molecule has 1 aromatic carbocycles. The standard InChI is InChI=1S/C12H14BrNO/c1-8(2)14-11-7-10(13)5-3-9(11)4-6-12(14)15/h3,5,7-8H,4,6H2,1-2H3. The molecule has 3 heteroatoms. The number of amides is 1. The van der Waals surface area contributed by atoms with Crippen molar-refractivity contribution in [3.8, 4) is 0 Å². The second-order valence-corrected chi connectivity index (χ2v) is 5.05. The van der Waals surface area contributed by atoms with Crippen LogP contribution in [-0.4, -0.2) is 11.9 Å². The van der Waals surface area contributed by atoms with Crippen LogP contribution in [-0.2, 0) is 11.2 Å². The smallest absolute Gasteiger partial charge is 0.227 e. The van der Waals surface area contributed by atoms with Crippen molar-refractivity contribution in [3.63, 3.8) is 0 Å². The molecule has 1 aromatic rings. The van der Waals surface area contributed by atoms with Gasteiger partial charge in [-0.1, -0.05) is 22.0 Å². The van der Waals surface area contributed by atoms with E-state index in [1.54, 1.807) is 0 Å².